The minimum Gasteiger partial charge on any atom is -0.481 e. The molecular formula is C11H18O5. The summed E-state index contributed by atoms with van der Waals surface area (Å²) in [7, 11) is 1.29. The molecule has 0 heterocycles. The molecule has 0 aromatic heterocycles. The second-order valence-electron chi connectivity index (χ2n) is 3.80. The Labute approximate surface area is 94.8 Å². The molecule has 0 bridgehead atoms. The van der Waals surface area contributed by atoms with E-state index in [1.54, 1.807) is 0 Å². The molecule has 1 atom stereocenters. The second kappa shape index (κ2) is 6.98. The van der Waals surface area contributed by atoms with Gasteiger partial charge in [0.25, 0.3) is 0 Å². The molecule has 0 saturated heterocycles. The van der Waals surface area contributed by atoms with Crippen molar-refractivity contribution in [2.75, 3.05) is 7.11 Å². The van der Waals surface area contributed by atoms with Gasteiger partial charge in [-0.3, -0.25) is 9.59 Å². The number of carboxylic acid groups (broad SMARTS) is 1. The summed E-state index contributed by atoms with van der Waals surface area (Å²) in [4.78, 5) is 32.5. The van der Waals surface area contributed by atoms with Crippen LogP contribution < -0.4 is 0 Å². The van der Waals surface area contributed by atoms with Crippen LogP contribution in [-0.2, 0) is 19.1 Å². The van der Waals surface area contributed by atoms with Gasteiger partial charge in [-0.25, -0.2) is 0 Å². The number of ether oxygens (including phenoxy) is 1. The number of aliphatic carboxylic acids is 1. The molecule has 0 aliphatic heterocycles. The molecule has 0 saturated carbocycles. The van der Waals surface area contributed by atoms with Crippen LogP contribution in [0.25, 0.3) is 0 Å². The van der Waals surface area contributed by atoms with Gasteiger partial charge in [-0.05, 0) is 19.3 Å². The van der Waals surface area contributed by atoms with Crippen molar-refractivity contribution in [2.24, 2.45) is 5.41 Å². The number of methoxy groups -OCH3 is 1. The number of hydrogen-bond donors (Lipinski definition) is 1. The Kier molecular flexibility index (Phi) is 6.37. The van der Waals surface area contributed by atoms with Gasteiger partial charge in [-0.1, -0.05) is 6.92 Å². The Morgan fingerprint density at radius 2 is 1.88 bits per heavy atom. The third-order valence-corrected chi connectivity index (χ3v) is 2.85. The average Bonchev–Trinajstić information content (AvgIpc) is 2.29. The maximum absolute atomic E-state index is 11.0. The summed E-state index contributed by atoms with van der Waals surface area (Å²) in [5, 5.41) is 8.58. The maximum atomic E-state index is 11.0. The van der Waals surface area contributed by atoms with Gasteiger partial charge in [-0.2, -0.15) is 0 Å². The lowest BCUT2D eigenvalue weighted by Crippen LogP contribution is -2.24. The van der Waals surface area contributed by atoms with Gasteiger partial charge < -0.3 is 14.6 Å². The molecule has 92 valence electrons. The standard InChI is InChI=1S/C11H18O5/c1-3-11(8-12,6-4-9(13)14)7-5-10(15)16-2/h8H,3-7H2,1-2H3,(H,13,14)/t11-/m0/s1. The molecule has 0 unspecified atom stereocenters. The van der Waals surface area contributed by atoms with E-state index in [-0.39, 0.29) is 25.2 Å². The predicted molar refractivity (Wildman–Crippen MR) is 56.9 cm³/mol. The molecule has 0 aromatic carbocycles. The van der Waals surface area contributed by atoms with E-state index in [0.717, 1.165) is 6.29 Å². The van der Waals surface area contributed by atoms with E-state index in [0.29, 0.717) is 12.8 Å². The fourth-order valence-electron chi connectivity index (χ4n) is 1.49. The van der Waals surface area contributed by atoms with Gasteiger partial charge in [0.2, 0.25) is 0 Å². The van der Waals surface area contributed by atoms with Crippen LogP contribution in [0, 0.1) is 5.41 Å². The molecule has 0 fully saturated rings. The number of rotatable bonds is 8. The summed E-state index contributed by atoms with van der Waals surface area (Å²) in [5.74, 6) is -1.31. The van der Waals surface area contributed by atoms with Crippen molar-refractivity contribution < 1.29 is 24.2 Å². The Balaban J connectivity index is 4.37. The third kappa shape index (κ3) is 4.91. The molecule has 0 aromatic rings. The van der Waals surface area contributed by atoms with Crippen molar-refractivity contribution >= 4 is 18.2 Å². The first-order valence-corrected chi connectivity index (χ1v) is 5.24. The summed E-state index contributed by atoms with van der Waals surface area (Å²) in [5.41, 5.74) is -0.716. The predicted octanol–water partition coefficient (Wildman–Crippen LogP) is 1.40. The zero-order chi connectivity index (χ0) is 12.6. The van der Waals surface area contributed by atoms with Crippen molar-refractivity contribution in [2.45, 2.75) is 39.0 Å². The number of carbonyl (C=O) groups is 3. The van der Waals surface area contributed by atoms with Gasteiger partial charge >= 0.3 is 11.9 Å². The van der Waals surface area contributed by atoms with E-state index in [1.165, 1.54) is 7.11 Å². The summed E-state index contributed by atoms with van der Waals surface area (Å²) >= 11 is 0. The zero-order valence-electron chi connectivity index (χ0n) is 9.69. The molecule has 0 rings (SSSR count). The van der Waals surface area contributed by atoms with Crippen LogP contribution in [0.5, 0.6) is 0 Å². The normalized spacial score (nSPS) is 13.9. The fourth-order valence-corrected chi connectivity index (χ4v) is 1.49. The van der Waals surface area contributed by atoms with E-state index in [1.807, 2.05) is 6.92 Å². The Bertz CT molecular complexity index is 261. The average molecular weight is 230 g/mol. The molecular weight excluding hydrogens is 212 g/mol. The highest BCUT2D eigenvalue weighted by Crippen LogP contribution is 2.31. The monoisotopic (exact) mass is 230 g/mol. The Hall–Kier alpha value is -1.39. The molecule has 0 amide bonds. The van der Waals surface area contributed by atoms with Crippen LogP contribution in [-0.4, -0.2) is 30.4 Å². The summed E-state index contributed by atoms with van der Waals surface area (Å²) in [6.07, 6.45) is 1.97. The van der Waals surface area contributed by atoms with Crippen molar-refractivity contribution in [3.8, 4) is 0 Å². The molecule has 16 heavy (non-hydrogen) atoms. The SMILES string of the molecule is CC[C@](C=O)(CCC(=O)O)CCC(=O)OC. The molecule has 0 aliphatic rings. The smallest absolute Gasteiger partial charge is 0.305 e. The molecule has 0 radical (unpaired) electrons. The van der Waals surface area contributed by atoms with E-state index in [2.05, 4.69) is 4.74 Å². The second-order valence-corrected chi connectivity index (χ2v) is 3.80. The first-order chi connectivity index (χ1) is 7.49. The summed E-state index contributed by atoms with van der Waals surface area (Å²) in [6.45, 7) is 1.81. The summed E-state index contributed by atoms with van der Waals surface area (Å²) < 4.78 is 4.49. The summed E-state index contributed by atoms with van der Waals surface area (Å²) in [6, 6.07) is 0. The van der Waals surface area contributed by atoms with Crippen LogP contribution in [0.3, 0.4) is 0 Å². The minimum absolute atomic E-state index is 0.0618. The third-order valence-electron chi connectivity index (χ3n) is 2.85. The van der Waals surface area contributed by atoms with Crippen molar-refractivity contribution in [1.29, 1.82) is 0 Å². The van der Waals surface area contributed by atoms with Crippen LogP contribution in [0.1, 0.15) is 39.0 Å². The van der Waals surface area contributed by atoms with Crippen LogP contribution in [0.4, 0.5) is 0 Å². The molecule has 1 N–H and O–H groups in total. The first kappa shape index (κ1) is 14.6. The highest BCUT2D eigenvalue weighted by atomic mass is 16.5. The van der Waals surface area contributed by atoms with Gasteiger partial charge in [0, 0.05) is 18.3 Å². The maximum Gasteiger partial charge on any atom is 0.305 e. The Morgan fingerprint density at radius 3 is 2.25 bits per heavy atom. The largest absolute Gasteiger partial charge is 0.481 e. The lowest BCUT2D eigenvalue weighted by atomic mass is 9.78. The van der Waals surface area contributed by atoms with E-state index in [4.69, 9.17) is 5.11 Å². The molecule has 0 spiro atoms. The van der Waals surface area contributed by atoms with Crippen LogP contribution >= 0.6 is 0 Å². The van der Waals surface area contributed by atoms with Crippen molar-refractivity contribution in [3.05, 3.63) is 0 Å². The fraction of sp³-hybridized carbons (Fsp3) is 0.727. The number of carbonyl (C=O) groups excluding carboxylic acids is 2. The molecule has 5 nitrogen and oxygen atoms in total. The van der Waals surface area contributed by atoms with E-state index < -0.39 is 11.4 Å². The van der Waals surface area contributed by atoms with E-state index >= 15 is 0 Å². The van der Waals surface area contributed by atoms with Crippen molar-refractivity contribution in [1.82, 2.24) is 0 Å². The minimum atomic E-state index is -0.933. The quantitative estimate of drug-likeness (QED) is 0.503. The first-order valence-electron chi connectivity index (χ1n) is 5.24. The lowest BCUT2D eigenvalue weighted by molar-refractivity contribution is -0.141. The number of carboxylic acids is 1. The number of aldehydes is 1. The van der Waals surface area contributed by atoms with Gasteiger partial charge in [0.1, 0.15) is 6.29 Å². The van der Waals surface area contributed by atoms with Gasteiger partial charge in [0.15, 0.2) is 0 Å². The van der Waals surface area contributed by atoms with E-state index in [9.17, 15) is 14.4 Å². The Morgan fingerprint density at radius 1 is 1.31 bits per heavy atom. The van der Waals surface area contributed by atoms with Crippen LogP contribution in [0.15, 0.2) is 0 Å². The van der Waals surface area contributed by atoms with Gasteiger partial charge in [-0.15, -0.1) is 0 Å². The highest BCUT2D eigenvalue weighted by molar-refractivity contribution is 5.71. The number of esters is 1. The molecule has 0 aliphatic carbocycles. The lowest BCUT2D eigenvalue weighted by Gasteiger charge is -2.25. The van der Waals surface area contributed by atoms with Crippen molar-refractivity contribution in [3.63, 3.8) is 0 Å². The van der Waals surface area contributed by atoms with Gasteiger partial charge in [0.05, 0.1) is 7.11 Å². The molecule has 5 heteroatoms. The number of hydrogen-bond acceptors (Lipinski definition) is 4. The zero-order valence-corrected chi connectivity index (χ0v) is 9.69. The van der Waals surface area contributed by atoms with Crippen LogP contribution in [0.2, 0.25) is 0 Å². The highest BCUT2D eigenvalue weighted by Gasteiger charge is 2.29. The topological polar surface area (TPSA) is 80.7 Å².